The topological polar surface area (TPSA) is 12.5 Å². The summed E-state index contributed by atoms with van der Waals surface area (Å²) in [6.07, 6.45) is 10.5. The van der Waals surface area contributed by atoms with Gasteiger partial charge in [-0.05, 0) is 13.3 Å². The van der Waals surface area contributed by atoms with E-state index < -0.39 is 0 Å². The van der Waals surface area contributed by atoms with Crippen LogP contribution in [0.3, 0.4) is 0 Å². The number of ether oxygens (including phenoxy) is 1. The Morgan fingerprint density at radius 2 is 2.06 bits per heavy atom. The molecule has 0 saturated carbocycles. The lowest BCUT2D eigenvalue weighted by molar-refractivity contribution is 0.0423. The molecule has 2 nitrogen and oxygen atoms in total. The fourth-order valence-corrected chi connectivity index (χ4v) is 1.82. The third kappa shape index (κ3) is 6.09. The Hall–Kier alpha value is -0.600. The molecule has 0 atom stereocenters. The van der Waals surface area contributed by atoms with E-state index in [1.807, 2.05) is 0 Å². The van der Waals surface area contributed by atoms with Gasteiger partial charge in [-0.1, -0.05) is 43.6 Å². The van der Waals surface area contributed by atoms with Crippen LogP contribution in [0.4, 0.5) is 0 Å². The van der Waals surface area contributed by atoms with Gasteiger partial charge in [-0.2, -0.15) is 0 Å². The Kier molecular flexibility index (Phi) is 7.19. The van der Waals surface area contributed by atoms with Crippen molar-refractivity contribution in [2.45, 2.75) is 33.1 Å². The molecule has 0 aromatic heterocycles. The first-order valence-electron chi connectivity index (χ1n) is 6.45. The zero-order chi connectivity index (χ0) is 11.6. The summed E-state index contributed by atoms with van der Waals surface area (Å²) in [7, 11) is 0. The first-order valence-corrected chi connectivity index (χ1v) is 6.45. The fraction of sp³-hybridized carbons (Fsp3) is 0.714. The van der Waals surface area contributed by atoms with Crippen LogP contribution in [0.1, 0.15) is 33.1 Å². The molecule has 0 spiro atoms. The van der Waals surface area contributed by atoms with Gasteiger partial charge in [0.25, 0.3) is 0 Å². The molecule has 1 rings (SSSR count). The van der Waals surface area contributed by atoms with Gasteiger partial charge < -0.3 is 4.74 Å². The highest BCUT2D eigenvalue weighted by molar-refractivity contribution is 5.11. The molecule has 92 valence electrons. The molecule has 0 unspecified atom stereocenters. The summed E-state index contributed by atoms with van der Waals surface area (Å²) >= 11 is 0. The number of hydrogen-bond acceptors (Lipinski definition) is 2. The molecule has 1 aliphatic heterocycles. The van der Waals surface area contributed by atoms with Gasteiger partial charge in [-0.15, -0.1) is 0 Å². The molecule has 0 radical (unpaired) electrons. The number of morpholine rings is 1. The van der Waals surface area contributed by atoms with Crippen molar-refractivity contribution in [2.24, 2.45) is 0 Å². The Bertz CT molecular complexity index is 227. The average Bonchev–Trinajstić information content (AvgIpc) is 2.30. The summed E-state index contributed by atoms with van der Waals surface area (Å²) < 4.78 is 5.33. The number of hydrogen-bond donors (Lipinski definition) is 0. The van der Waals surface area contributed by atoms with Crippen LogP contribution in [0.15, 0.2) is 23.8 Å². The van der Waals surface area contributed by atoms with Crippen molar-refractivity contribution < 1.29 is 4.74 Å². The lowest BCUT2D eigenvalue weighted by Crippen LogP contribution is -2.37. The van der Waals surface area contributed by atoms with E-state index in [9.17, 15) is 0 Å². The molecule has 0 aromatic rings. The van der Waals surface area contributed by atoms with Crippen LogP contribution in [0.5, 0.6) is 0 Å². The van der Waals surface area contributed by atoms with Crippen LogP contribution >= 0.6 is 0 Å². The van der Waals surface area contributed by atoms with E-state index >= 15 is 0 Å². The van der Waals surface area contributed by atoms with Gasteiger partial charge in [-0.25, -0.2) is 0 Å². The largest absolute Gasteiger partial charge is 0.379 e. The maximum atomic E-state index is 5.33. The van der Waals surface area contributed by atoms with Crippen molar-refractivity contribution in [2.75, 3.05) is 32.8 Å². The van der Waals surface area contributed by atoms with Gasteiger partial charge in [0.1, 0.15) is 0 Å². The van der Waals surface area contributed by atoms with Gasteiger partial charge in [0.05, 0.1) is 13.2 Å². The molecular formula is C14H25NO. The van der Waals surface area contributed by atoms with Gasteiger partial charge in [0, 0.05) is 19.6 Å². The third-order valence-corrected chi connectivity index (χ3v) is 2.82. The second kappa shape index (κ2) is 8.54. The normalized spacial score (nSPS) is 19.5. The highest BCUT2D eigenvalue weighted by Gasteiger charge is 2.09. The first kappa shape index (κ1) is 13.5. The van der Waals surface area contributed by atoms with Crippen molar-refractivity contribution in [3.63, 3.8) is 0 Å². The van der Waals surface area contributed by atoms with Crippen LogP contribution in [-0.4, -0.2) is 37.7 Å². The van der Waals surface area contributed by atoms with Crippen LogP contribution < -0.4 is 0 Å². The number of nitrogens with zero attached hydrogens (tertiary/aromatic N) is 1. The molecule has 0 aromatic carbocycles. The fourth-order valence-electron chi connectivity index (χ4n) is 1.82. The molecule has 1 aliphatic rings. The van der Waals surface area contributed by atoms with Crippen LogP contribution in [0, 0.1) is 0 Å². The van der Waals surface area contributed by atoms with E-state index in [0.717, 1.165) is 32.8 Å². The second-order valence-electron chi connectivity index (χ2n) is 4.47. The predicted octanol–water partition coefficient (Wildman–Crippen LogP) is 3.01. The smallest absolute Gasteiger partial charge is 0.0594 e. The minimum atomic E-state index is 0.889. The number of unbranched alkanes of at least 4 members (excludes halogenated alkanes) is 2. The minimum Gasteiger partial charge on any atom is -0.379 e. The highest BCUT2D eigenvalue weighted by atomic mass is 16.5. The van der Waals surface area contributed by atoms with Gasteiger partial charge in [0.2, 0.25) is 0 Å². The summed E-state index contributed by atoms with van der Waals surface area (Å²) in [5.74, 6) is 0. The molecule has 1 fully saturated rings. The molecule has 0 bridgehead atoms. The van der Waals surface area contributed by atoms with Crippen molar-refractivity contribution in [1.82, 2.24) is 4.90 Å². The highest BCUT2D eigenvalue weighted by Crippen LogP contribution is 2.03. The summed E-state index contributed by atoms with van der Waals surface area (Å²) in [5.41, 5.74) is 1.44. The van der Waals surface area contributed by atoms with Gasteiger partial charge in [-0.3, -0.25) is 4.90 Å². The van der Waals surface area contributed by atoms with Crippen LogP contribution in [0.25, 0.3) is 0 Å². The molecule has 0 aliphatic carbocycles. The Labute approximate surface area is 100.0 Å². The quantitative estimate of drug-likeness (QED) is 0.507. The lowest BCUT2D eigenvalue weighted by Gasteiger charge is -2.26. The SMILES string of the molecule is CCCC/C=C/C=C(\C)CN1CCOCC1. The standard InChI is InChI=1S/C14H25NO/c1-3-4-5-6-7-8-14(2)13-15-9-11-16-12-10-15/h6-8H,3-5,9-13H2,1-2H3/b7-6+,14-8+. The molecule has 0 amide bonds. The van der Waals surface area contributed by atoms with E-state index in [0.29, 0.717) is 0 Å². The van der Waals surface area contributed by atoms with Gasteiger partial charge in [0.15, 0.2) is 0 Å². The van der Waals surface area contributed by atoms with E-state index in [1.54, 1.807) is 0 Å². The molecule has 0 N–H and O–H groups in total. The Balaban J connectivity index is 2.19. The minimum absolute atomic E-state index is 0.889. The molecule has 1 heterocycles. The Morgan fingerprint density at radius 3 is 2.75 bits per heavy atom. The van der Waals surface area contributed by atoms with Crippen molar-refractivity contribution in [3.05, 3.63) is 23.8 Å². The third-order valence-electron chi connectivity index (χ3n) is 2.82. The zero-order valence-electron chi connectivity index (χ0n) is 10.7. The second-order valence-corrected chi connectivity index (χ2v) is 4.47. The average molecular weight is 223 g/mol. The van der Waals surface area contributed by atoms with E-state index in [1.165, 1.54) is 24.8 Å². The van der Waals surface area contributed by atoms with Crippen LogP contribution in [-0.2, 0) is 4.74 Å². The van der Waals surface area contributed by atoms with Crippen LogP contribution in [0.2, 0.25) is 0 Å². The molecule has 16 heavy (non-hydrogen) atoms. The summed E-state index contributed by atoms with van der Waals surface area (Å²) in [4.78, 5) is 2.45. The van der Waals surface area contributed by atoms with E-state index in [-0.39, 0.29) is 0 Å². The molecule has 1 saturated heterocycles. The zero-order valence-corrected chi connectivity index (χ0v) is 10.7. The van der Waals surface area contributed by atoms with E-state index in [4.69, 9.17) is 4.74 Å². The maximum Gasteiger partial charge on any atom is 0.0594 e. The molecule has 2 heteroatoms. The van der Waals surface area contributed by atoms with Crippen molar-refractivity contribution in [3.8, 4) is 0 Å². The number of rotatable bonds is 6. The number of allylic oxidation sites excluding steroid dienone is 3. The summed E-state index contributed by atoms with van der Waals surface area (Å²) in [5, 5.41) is 0. The van der Waals surface area contributed by atoms with Gasteiger partial charge >= 0.3 is 0 Å². The first-order chi connectivity index (χ1) is 7.83. The summed E-state index contributed by atoms with van der Waals surface area (Å²) in [6, 6.07) is 0. The lowest BCUT2D eigenvalue weighted by atomic mass is 10.2. The predicted molar refractivity (Wildman–Crippen MR) is 69.7 cm³/mol. The monoisotopic (exact) mass is 223 g/mol. The van der Waals surface area contributed by atoms with Crippen molar-refractivity contribution >= 4 is 0 Å². The molecular weight excluding hydrogens is 198 g/mol. The maximum absolute atomic E-state index is 5.33. The van der Waals surface area contributed by atoms with E-state index in [2.05, 4.69) is 37.0 Å². The van der Waals surface area contributed by atoms with Crippen molar-refractivity contribution in [1.29, 1.82) is 0 Å². The summed E-state index contributed by atoms with van der Waals surface area (Å²) in [6.45, 7) is 9.45. The Morgan fingerprint density at radius 1 is 1.31 bits per heavy atom.